The Kier molecular flexibility index (Phi) is 4.77. The van der Waals surface area contributed by atoms with Crippen molar-refractivity contribution in [3.05, 3.63) is 45.8 Å². The number of carbonyl (C=O) groups excluding carboxylic acids is 1. The van der Waals surface area contributed by atoms with Crippen molar-refractivity contribution < 1.29 is 18.7 Å². The first-order valence-electron chi connectivity index (χ1n) is 7.81. The molecule has 0 saturated carbocycles. The van der Waals surface area contributed by atoms with Crippen molar-refractivity contribution in [2.24, 2.45) is 0 Å². The third-order valence-electron chi connectivity index (χ3n) is 4.11. The number of para-hydroxylation sites is 2. The van der Waals surface area contributed by atoms with Gasteiger partial charge in [-0.2, -0.15) is 0 Å². The normalized spacial score (nSPS) is 15.5. The van der Waals surface area contributed by atoms with Gasteiger partial charge >= 0.3 is 11.7 Å². The highest BCUT2D eigenvalue weighted by Crippen LogP contribution is 2.14. The molecule has 2 heterocycles. The van der Waals surface area contributed by atoms with Crippen LogP contribution in [0.5, 0.6) is 0 Å². The largest absolute Gasteiger partial charge is 0.805 e. The van der Waals surface area contributed by atoms with Gasteiger partial charge in [-0.05, 0) is 13.0 Å². The first-order chi connectivity index (χ1) is 11.6. The quantitative estimate of drug-likeness (QED) is 0.604. The summed E-state index contributed by atoms with van der Waals surface area (Å²) in [5, 5.41) is 12.3. The second kappa shape index (κ2) is 6.98. The predicted octanol–water partition coefficient (Wildman–Crippen LogP) is 0.699. The van der Waals surface area contributed by atoms with Gasteiger partial charge in [0.25, 0.3) is 5.52 Å². The molecule has 1 aromatic heterocycles. The van der Waals surface area contributed by atoms with E-state index in [-0.39, 0.29) is 29.0 Å². The smallest absolute Gasteiger partial charge is 0.410 e. The molecule has 8 nitrogen and oxygen atoms in total. The molecule has 2 aromatic rings. The minimum Gasteiger partial charge on any atom is -0.805 e. The van der Waals surface area contributed by atoms with Gasteiger partial charge in [0.2, 0.25) is 0 Å². The van der Waals surface area contributed by atoms with Gasteiger partial charge in [0.15, 0.2) is 0 Å². The molecule has 0 unspecified atom stereocenters. The molecule has 128 valence electrons. The molecule has 0 radical (unpaired) electrons. The Hall–Kier alpha value is -2.45. The fraction of sp³-hybridized carbons (Fsp3) is 0.438. The highest BCUT2D eigenvalue weighted by Gasteiger charge is 2.28. The lowest BCUT2D eigenvalue weighted by Crippen LogP contribution is -2.39. The summed E-state index contributed by atoms with van der Waals surface area (Å²) in [5.74, 6) is -0.786. The van der Waals surface area contributed by atoms with Crippen LogP contribution in [0.1, 0.15) is 16.2 Å². The lowest BCUT2D eigenvalue weighted by molar-refractivity contribution is -0.469. The van der Waals surface area contributed by atoms with Crippen molar-refractivity contribution in [1.82, 2.24) is 9.63 Å². The summed E-state index contributed by atoms with van der Waals surface area (Å²) in [7, 11) is 0. The number of fused-ring (bicyclic) bond motifs is 1. The Labute approximate surface area is 138 Å². The van der Waals surface area contributed by atoms with Crippen LogP contribution < -0.4 is 4.43 Å². The molecule has 3 rings (SSSR count). The van der Waals surface area contributed by atoms with Crippen LogP contribution in [-0.2, 0) is 9.47 Å². The first kappa shape index (κ1) is 16.4. The van der Waals surface area contributed by atoms with Crippen molar-refractivity contribution in [3.63, 3.8) is 0 Å². The molecule has 0 spiro atoms. The van der Waals surface area contributed by atoms with Crippen molar-refractivity contribution in [3.8, 4) is 0 Å². The Morgan fingerprint density at radius 1 is 1.33 bits per heavy atom. The zero-order valence-corrected chi connectivity index (χ0v) is 13.4. The summed E-state index contributed by atoms with van der Waals surface area (Å²) >= 11 is 0. The Morgan fingerprint density at radius 2 is 2.04 bits per heavy atom. The molecule has 0 atom stereocenters. The van der Waals surface area contributed by atoms with Gasteiger partial charge in [0, 0.05) is 30.6 Å². The Balaban J connectivity index is 1.78. The van der Waals surface area contributed by atoms with Crippen LogP contribution in [0.2, 0.25) is 0 Å². The third-order valence-corrected chi connectivity index (χ3v) is 4.11. The molecule has 1 aliphatic rings. The molecule has 1 aromatic carbocycles. The number of hydrogen-bond acceptors (Lipinski definition) is 6. The van der Waals surface area contributed by atoms with Gasteiger partial charge in [-0.25, -0.2) is 4.79 Å². The van der Waals surface area contributed by atoms with E-state index in [1.165, 1.54) is 19.1 Å². The molecule has 0 N–H and O–H groups in total. The highest BCUT2D eigenvalue weighted by atomic mass is 16.5. The fourth-order valence-electron chi connectivity index (χ4n) is 2.74. The number of esters is 1. The zero-order valence-electron chi connectivity index (χ0n) is 13.4. The van der Waals surface area contributed by atoms with E-state index in [1.54, 1.807) is 12.1 Å². The van der Waals surface area contributed by atoms with Crippen LogP contribution >= 0.6 is 0 Å². The Bertz CT molecular complexity index is 811. The number of morpholine rings is 1. The van der Waals surface area contributed by atoms with Crippen LogP contribution in [0, 0.1) is 17.0 Å². The molecule has 0 amide bonds. The number of rotatable bonds is 4. The summed E-state index contributed by atoms with van der Waals surface area (Å²) in [6.45, 7) is 5.06. The minimum absolute atomic E-state index is 0.0278. The predicted molar refractivity (Wildman–Crippen MR) is 86.3 cm³/mol. The van der Waals surface area contributed by atoms with Gasteiger partial charge in [-0.1, -0.05) is 12.1 Å². The molecular formula is C16H19N3O5. The summed E-state index contributed by atoms with van der Waals surface area (Å²) in [4.78, 5) is 26.8. The van der Waals surface area contributed by atoms with Crippen molar-refractivity contribution in [1.29, 1.82) is 0 Å². The van der Waals surface area contributed by atoms with Gasteiger partial charge in [0.1, 0.15) is 12.1 Å². The molecule has 0 aliphatic carbocycles. The van der Waals surface area contributed by atoms with E-state index < -0.39 is 5.97 Å². The molecular weight excluding hydrogens is 314 g/mol. The van der Waals surface area contributed by atoms with Crippen LogP contribution in [-0.4, -0.2) is 55.1 Å². The maximum Gasteiger partial charge on any atom is 0.410 e. The fourth-order valence-corrected chi connectivity index (χ4v) is 2.74. The molecule has 0 bridgehead atoms. The lowest BCUT2D eigenvalue weighted by atomic mass is 10.2. The maximum atomic E-state index is 12.4. The van der Waals surface area contributed by atoms with E-state index in [0.717, 1.165) is 13.1 Å². The summed E-state index contributed by atoms with van der Waals surface area (Å²) < 4.78 is 11.5. The van der Waals surface area contributed by atoms with Crippen molar-refractivity contribution >= 4 is 17.0 Å². The number of nitrogens with zero attached hydrogens (tertiary/aromatic N) is 3. The second-order valence-corrected chi connectivity index (χ2v) is 5.60. The summed E-state index contributed by atoms with van der Waals surface area (Å²) in [6, 6.07) is 6.34. The van der Waals surface area contributed by atoms with Crippen LogP contribution in [0.15, 0.2) is 24.3 Å². The zero-order chi connectivity index (χ0) is 17.1. The second-order valence-electron chi connectivity index (χ2n) is 5.60. The van der Waals surface area contributed by atoms with Crippen molar-refractivity contribution in [2.45, 2.75) is 6.92 Å². The molecule has 8 heteroatoms. The van der Waals surface area contributed by atoms with E-state index in [2.05, 4.69) is 4.90 Å². The topological polar surface area (TPSA) is 89.7 Å². The lowest BCUT2D eigenvalue weighted by Gasteiger charge is -2.26. The van der Waals surface area contributed by atoms with E-state index in [4.69, 9.17) is 9.47 Å². The van der Waals surface area contributed by atoms with E-state index in [9.17, 15) is 14.9 Å². The number of carbonyl (C=O) groups is 1. The highest BCUT2D eigenvalue weighted by molar-refractivity contribution is 5.88. The van der Waals surface area contributed by atoms with Crippen molar-refractivity contribution in [2.75, 3.05) is 39.5 Å². The maximum absolute atomic E-state index is 12.4. The first-order valence-corrected chi connectivity index (χ1v) is 7.81. The summed E-state index contributed by atoms with van der Waals surface area (Å²) in [6.07, 6.45) is 0. The van der Waals surface area contributed by atoms with Crippen LogP contribution in [0.3, 0.4) is 0 Å². The molecule has 1 aliphatic heterocycles. The monoisotopic (exact) mass is 333 g/mol. The molecule has 1 saturated heterocycles. The average Bonchev–Trinajstić information content (AvgIpc) is 2.61. The van der Waals surface area contributed by atoms with Crippen LogP contribution in [0.25, 0.3) is 11.0 Å². The number of ether oxygens (including phenoxy) is 2. The number of benzene rings is 1. The van der Waals surface area contributed by atoms with Gasteiger partial charge in [-0.3, -0.25) is 4.90 Å². The number of aromatic nitrogens is 2. The van der Waals surface area contributed by atoms with E-state index in [1.807, 2.05) is 0 Å². The average molecular weight is 333 g/mol. The van der Waals surface area contributed by atoms with Crippen LogP contribution in [0.4, 0.5) is 0 Å². The number of hydrogen-bond donors (Lipinski definition) is 0. The SMILES string of the molecule is Cc1c(C(=O)OCCN2CCOCC2)[n+](=O)c2ccccc2n1[O-]. The van der Waals surface area contributed by atoms with E-state index >= 15 is 0 Å². The van der Waals surface area contributed by atoms with Gasteiger partial charge in [0.05, 0.1) is 23.3 Å². The molecule has 24 heavy (non-hydrogen) atoms. The van der Waals surface area contributed by atoms with Gasteiger partial charge in [-0.15, -0.1) is 0 Å². The third kappa shape index (κ3) is 3.10. The van der Waals surface area contributed by atoms with Gasteiger partial charge < -0.3 is 19.4 Å². The summed E-state index contributed by atoms with van der Waals surface area (Å²) in [5.41, 5.74) is 0.110. The molecule has 1 fully saturated rings. The minimum atomic E-state index is -0.786. The Morgan fingerprint density at radius 3 is 2.79 bits per heavy atom. The van der Waals surface area contributed by atoms with E-state index in [0.29, 0.717) is 28.9 Å². The standard InChI is InChI=1S/C16H19N3O5/c1-12-15(16(20)24-11-8-17-6-9-23-10-7-17)19(22)14-5-3-2-4-13(14)18(12)21/h2-5H,6-11H2,1H3.